The number of halogens is 1. The van der Waals surface area contributed by atoms with Crippen LogP contribution in [-0.2, 0) is 6.42 Å². The van der Waals surface area contributed by atoms with Crippen LogP contribution in [0.1, 0.15) is 38.9 Å². The zero-order valence-electron chi connectivity index (χ0n) is 11.8. The van der Waals surface area contributed by atoms with Crippen molar-refractivity contribution in [2.75, 3.05) is 25.0 Å². The van der Waals surface area contributed by atoms with Gasteiger partial charge < -0.3 is 5.32 Å². The van der Waals surface area contributed by atoms with E-state index in [9.17, 15) is 0 Å². The monoisotopic (exact) mass is 326 g/mol. The topological polar surface area (TPSA) is 41.1 Å². The normalized spacial score (nSPS) is 14.9. The van der Waals surface area contributed by atoms with Crippen LogP contribution in [0.4, 0.5) is 5.82 Å². The predicted octanol–water partition coefficient (Wildman–Crippen LogP) is 3.09. The third kappa shape index (κ3) is 4.73. The van der Waals surface area contributed by atoms with Gasteiger partial charge in [0.25, 0.3) is 0 Å². The maximum atomic E-state index is 4.54. The van der Waals surface area contributed by atoms with Gasteiger partial charge in [0.15, 0.2) is 0 Å². The van der Waals surface area contributed by atoms with Crippen LogP contribution in [0.5, 0.6) is 0 Å². The Bertz CT molecular complexity index is 406. The Morgan fingerprint density at radius 2 is 2.16 bits per heavy atom. The van der Waals surface area contributed by atoms with E-state index in [1.807, 2.05) is 6.07 Å². The Balaban J connectivity index is 1.84. The molecule has 0 bridgehead atoms. The first-order chi connectivity index (χ1) is 9.22. The van der Waals surface area contributed by atoms with Gasteiger partial charge in [-0.2, -0.15) is 0 Å². The molecular weight excluding hydrogens is 304 g/mol. The maximum Gasteiger partial charge on any atom is 0.132 e. The summed E-state index contributed by atoms with van der Waals surface area (Å²) in [6.07, 6.45) is 4.74. The van der Waals surface area contributed by atoms with Crippen LogP contribution >= 0.6 is 15.9 Å². The van der Waals surface area contributed by atoms with Gasteiger partial charge in [-0.15, -0.1) is 0 Å². The van der Waals surface area contributed by atoms with Gasteiger partial charge in [0.1, 0.15) is 16.2 Å². The molecule has 1 N–H and O–H groups in total. The number of hydrogen-bond acceptors (Lipinski definition) is 4. The van der Waals surface area contributed by atoms with Crippen LogP contribution in [-0.4, -0.2) is 40.5 Å². The number of aromatic nitrogens is 2. The molecule has 0 saturated heterocycles. The zero-order valence-corrected chi connectivity index (χ0v) is 13.4. The summed E-state index contributed by atoms with van der Waals surface area (Å²) in [7, 11) is 0. The molecule has 5 heteroatoms. The standard InChI is InChI=1S/C14H23BrN4/c1-3-5-13-17-12(15)10-14(18-13)16-8-9-19(4-2)11-6-7-11/h10-11H,3-9H2,1-2H3,(H,16,17,18). The number of hydrogen-bond donors (Lipinski definition) is 1. The molecule has 106 valence electrons. The molecule has 0 radical (unpaired) electrons. The van der Waals surface area contributed by atoms with E-state index in [0.717, 1.165) is 54.8 Å². The summed E-state index contributed by atoms with van der Waals surface area (Å²) >= 11 is 3.45. The quantitative estimate of drug-likeness (QED) is 0.745. The van der Waals surface area contributed by atoms with Gasteiger partial charge in [-0.3, -0.25) is 4.90 Å². The van der Waals surface area contributed by atoms with Crippen molar-refractivity contribution in [3.63, 3.8) is 0 Å². The van der Waals surface area contributed by atoms with Crippen LogP contribution in [0.25, 0.3) is 0 Å². The van der Waals surface area contributed by atoms with Crippen molar-refractivity contribution in [2.45, 2.75) is 45.6 Å². The third-order valence-corrected chi connectivity index (χ3v) is 3.80. The largest absolute Gasteiger partial charge is 0.369 e. The molecular formula is C14H23BrN4. The molecule has 2 rings (SSSR count). The molecule has 4 nitrogen and oxygen atoms in total. The Morgan fingerprint density at radius 3 is 2.79 bits per heavy atom. The van der Waals surface area contributed by atoms with Crippen molar-refractivity contribution >= 4 is 21.7 Å². The number of nitrogens with one attached hydrogen (secondary N) is 1. The van der Waals surface area contributed by atoms with Crippen LogP contribution in [0, 0.1) is 0 Å². The Hall–Kier alpha value is -0.680. The molecule has 0 spiro atoms. The fourth-order valence-corrected chi connectivity index (χ4v) is 2.68. The fraction of sp³-hybridized carbons (Fsp3) is 0.714. The molecule has 1 aliphatic carbocycles. The summed E-state index contributed by atoms with van der Waals surface area (Å²) in [5, 5.41) is 3.41. The van der Waals surface area contributed by atoms with E-state index in [1.54, 1.807) is 0 Å². The van der Waals surface area contributed by atoms with Gasteiger partial charge in [-0.1, -0.05) is 13.8 Å². The second kappa shape index (κ2) is 7.20. The molecule has 0 amide bonds. The van der Waals surface area contributed by atoms with E-state index >= 15 is 0 Å². The van der Waals surface area contributed by atoms with Gasteiger partial charge in [0.2, 0.25) is 0 Å². The molecule has 1 aliphatic rings. The number of anilines is 1. The molecule has 0 atom stereocenters. The van der Waals surface area contributed by atoms with Crippen molar-refractivity contribution in [3.8, 4) is 0 Å². The first-order valence-corrected chi connectivity index (χ1v) is 8.03. The maximum absolute atomic E-state index is 4.54. The minimum Gasteiger partial charge on any atom is -0.369 e. The highest BCUT2D eigenvalue weighted by atomic mass is 79.9. The highest BCUT2D eigenvalue weighted by Crippen LogP contribution is 2.26. The summed E-state index contributed by atoms with van der Waals surface area (Å²) < 4.78 is 0.864. The molecule has 1 heterocycles. The minimum absolute atomic E-state index is 0.833. The highest BCUT2D eigenvalue weighted by molar-refractivity contribution is 9.10. The third-order valence-electron chi connectivity index (χ3n) is 3.39. The van der Waals surface area contributed by atoms with Gasteiger partial charge in [-0.05, 0) is 41.7 Å². The van der Waals surface area contributed by atoms with E-state index in [0.29, 0.717) is 0 Å². The highest BCUT2D eigenvalue weighted by Gasteiger charge is 2.27. The van der Waals surface area contributed by atoms with Crippen molar-refractivity contribution in [1.29, 1.82) is 0 Å². The molecule has 1 aromatic heterocycles. The number of likely N-dealkylation sites (N-methyl/N-ethyl adjacent to an activating group) is 1. The summed E-state index contributed by atoms with van der Waals surface area (Å²) in [6, 6.07) is 2.78. The SMILES string of the molecule is CCCc1nc(Br)cc(NCCN(CC)C2CC2)n1. The van der Waals surface area contributed by atoms with E-state index in [4.69, 9.17) is 0 Å². The van der Waals surface area contributed by atoms with E-state index in [1.165, 1.54) is 12.8 Å². The lowest BCUT2D eigenvalue weighted by Gasteiger charge is -2.20. The zero-order chi connectivity index (χ0) is 13.7. The lowest BCUT2D eigenvalue weighted by molar-refractivity contribution is 0.289. The first kappa shape index (κ1) is 14.7. The average molecular weight is 327 g/mol. The van der Waals surface area contributed by atoms with Crippen molar-refractivity contribution < 1.29 is 0 Å². The number of rotatable bonds is 8. The Labute approximate surface area is 124 Å². The van der Waals surface area contributed by atoms with E-state index in [-0.39, 0.29) is 0 Å². The number of aryl methyl sites for hydroxylation is 1. The van der Waals surface area contributed by atoms with Gasteiger partial charge in [0.05, 0.1) is 0 Å². The molecule has 0 aliphatic heterocycles. The Kier molecular flexibility index (Phi) is 5.58. The van der Waals surface area contributed by atoms with Crippen molar-refractivity contribution in [3.05, 3.63) is 16.5 Å². The minimum atomic E-state index is 0.833. The van der Waals surface area contributed by atoms with E-state index in [2.05, 4.69) is 50.0 Å². The molecule has 1 saturated carbocycles. The summed E-state index contributed by atoms with van der Waals surface area (Å²) in [5.41, 5.74) is 0. The van der Waals surface area contributed by atoms with Gasteiger partial charge in [-0.25, -0.2) is 9.97 Å². The molecule has 1 fully saturated rings. The first-order valence-electron chi connectivity index (χ1n) is 7.24. The van der Waals surface area contributed by atoms with Crippen molar-refractivity contribution in [1.82, 2.24) is 14.9 Å². The Morgan fingerprint density at radius 1 is 1.37 bits per heavy atom. The van der Waals surface area contributed by atoms with Gasteiger partial charge in [0, 0.05) is 31.6 Å². The van der Waals surface area contributed by atoms with Crippen LogP contribution < -0.4 is 5.32 Å². The lowest BCUT2D eigenvalue weighted by atomic mass is 10.3. The lowest BCUT2D eigenvalue weighted by Crippen LogP contribution is -2.31. The molecule has 0 aromatic carbocycles. The smallest absolute Gasteiger partial charge is 0.132 e. The van der Waals surface area contributed by atoms with E-state index < -0.39 is 0 Å². The molecule has 19 heavy (non-hydrogen) atoms. The number of nitrogens with zero attached hydrogens (tertiary/aromatic N) is 3. The second-order valence-electron chi connectivity index (χ2n) is 5.03. The molecule has 1 aromatic rings. The van der Waals surface area contributed by atoms with Crippen molar-refractivity contribution in [2.24, 2.45) is 0 Å². The summed E-state index contributed by atoms with van der Waals surface area (Å²) in [6.45, 7) is 7.55. The average Bonchev–Trinajstić information content (AvgIpc) is 3.19. The molecule has 0 unspecified atom stereocenters. The van der Waals surface area contributed by atoms with Crippen LogP contribution in [0.3, 0.4) is 0 Å². The summed E-state index contributed by atoms with van der Waals surface area (Å²) in [4.78, 5) is 11.4. The van der Waals surface area contributed by atoms with Crippen LogP contribution in [0.2, 0.25) is 0 Å². The van der Waals surface area contributed by atoms with Crippen LogP contribution in [0.15, 0.2) is 10.7 Å². The predicted molar refractivity (Wildman–Crippen MR) is 82.5 cm³/mol. The van der Waals surface area contributed by atoms with Gasteiger partial charge >= 0.3 is 0 Å². The second-order valence-corrected chi connectivity index (χ2v) is 5.84. The fourth-order valence-electron chi connectivity index (χ4n) is 2.26. The summed E-state index contributed by atoms with van der Waals surface area (Å²) in [5.74, 6) is 1.84.